The number of hydrogen-bond donors (Lipinski definition) is 2. The summed E-state index contributed by atoms with van der Waals surface area (Å²) in [4.78, 5) is 56.0. The van der Waals surface area contributed by atoms with E-state index in [9.17, 15) is 29.4 Å². The lowest BCUT2D eigenvalue weighted by Gasteiger charge is -2.66. The summed E-state index contributed by atoms with van der Waals surface area (Å²) >= 11 is 0. The first-order valence-corrected chi connectivity index (χ1v) is 15.2. The highest BCUT2D eigenvalue weighted by molar-refractivity contribution is 5.90. The van der Waals surface area contributed by atoms with E-state index in [-0.39, 0.29) is 29.7 Å². The molecule has 0 radical (unpaired) electrons. The molecule has 244 valence electrons. The van der Waals surface area contributed by atoms with Crippen molar-refractivity contribution in [1.29, 1.82) is 0 Å². The first-order valence-electron chi connectivity index (χ1n) is 15.2. The summed E-state index contributed by atoms with van der Waals surface area (Å²) in [5.41, 5.74) is -3.04. The summed E-state index contributed by atoms with van der Waals surface area (Å²) in [7, 11) is 0. The highest BCUT2D eigenvalue weighted by Crippen LogP contribution is 2.65. The van der Waals surface area contributed by atoms with Crippen LogP contribution in [0.5, 0.6) is 0 Å². The number of benzene rings is 1. The summed E-state index contributed by atoms with van der Waals surface area (Å²) in [6.45, 7) is 8.04. The van der Waals surface area contributed by atoms with E-state index in [0.717, 1.165) is 5.57 Å². The number of carbonyl (C=O) groups excluding carboxylic acids is 4. The predicted molar refractivity (Wildman–Crippen MR) is 163 cm³/mol. The molecule has 2 aromatic rings. The Balaban J connectivity index is 1.70. The Morgan fingerprint density at radius 2 is 1.67 bits per heavy atom. The summed E-state index contributed by atoms with van der Waals surface area (Å²) in [5.74, 6) is -4.12. The van der Waals surface area contributed by atoms with Crippen molar-refractivity contribution in [1.82, 2.24) is 4.98 Å². The molecule has 1 aliphatic heterocycles. The van der Waals surface area contributed by atoms with E-state index in [0.29, 0.717) is 12.8 Å². The van der Waals surface area contributed by atoms with Crippen LogP contribution in [0.15, 0.2) is 77.8 Å². The molecule has 2 N–H and O–H groups in total. The smallest absolute Gasteiger partial charge is 0.373 e. The number of hydrogen-bond acceptors (Lipinski definition) is 11. The Kier molecular flexibility index (Phi) is 8.83. The first-order chi connectivity index (χ1) is 21.7. The summed E-state index contributed by atoms with van der Waals surface area (Å²) in [5, 5.41) is 23.3. The third-order valence-corrected chi connectivity index (χ3v) is 10.4. The molecule has 0 spiro atoms. The summed E-state index contributed by atoms with van der Waals surface area (Å²) in [6.07, 6.45) is 2.06. The van der Waals surface area contributed by atoms with Gasteiger partial charge in [0.15, 0.2) is 12.2 Å². The fourth-order valence-electron chi connectivity index (χ4n) is 7.60. The van der Waals surface area contributed by atoms with Crippen LogP contribution < -0.4 is 0 Å². The Morgan fingerprint density at radius 3 is 2.28 bits per heavy atom. The number of esters is 4. The van der Waals surface area contributed by atoms with Crippen molar-refractivity contribution in [2.75, 3.05) is 6.61 Å². The van der Waals surface area contributed by atoms with Crippen LogP contribution in [0.1, 0.15) is 74.6 Å². The lowest BCUT2D eigenvalue weighted by molar-refractivity contribution is -0.290. The van der Waals surface area contributed by atoms with Gasteiger partial charge in [-0.25, -0.2) is 14.4 Å². The van der Waals surface area contributed by atoms with Crippen molar-refractivity contribution in [3.63, 3.8) is 0 Å². The molecule has 0 amide bonds. The van der Waals surface area contributed by atoms with Crippen molar-refractivity contribution in [3.8, 4) is 0 Å². The average Bonchev–Trinajstić information content (AvgIpc) is 3.35. The zero-order valence-electron chi connectivity index (χ0n) is 26.5. The maximum absolute atomic E-state index is 13.7. The van der Waals surface area contributed by atoms with Crippen LogP contribution >= 0.6 is 0 Å². The Labute approximate surface area is 267 Å². The van der Waals surface area contributed by atoms with E-state index in [1.165, 1.54) is 26.2 Å². The average molecular weight is 634 g/mol. The van der Waals surface area contributed by atoms with E-state index in [4.69, 9.17) is 18.9 Å². The minimum Gasteiger partial charge on any atom is -0.502 e. The molecule has 1 aromatic heterocycles. The number of fused-ring (bicyclic) bond motifs is 1. The van der Waals surface area contributed by atoms with Gasteiger partial charge in [-0.3, -0.25) is 9.78 Å². The topological polar surface area (TPSA) is 159 Å². The molecule has 1 aromatic carbocycles. The van der Waals surface area contributed by atoms with Crippen LogP contribution in [0.25, 0.3) is 0 Å². The van der Waals surface area contributed by atoms with Gasteiger partial charge in [-0.2, -0.15) is 0 Å². The second-order valence-corrected chi connectivity index (χ2v) is 12.8. The molecular weight excluding hydrogens is 594 g/mol. The van der Waals surface area contributed by atoms with E-state index in [1.807, 2.05) is 19.9 Å². The van der Waals surface area contributed by atoms with Gasteiger partial charge in [-0.05, 0) is 56.9 Å². The number of rotatable bonds is 8. The highest BCUT2D eigenvalue weighted by Gasteiger charge is 2.73. The van der Waals surface area contributed by atoms with Crippen LogP contribution in [-0.4, -0.2) is 69.6 Å². The van der Waals surface area contributed by atoms with Crippen LogP contribution in [0.2, 0.25) is 0 Å². The number of aromatic nitrogens is 1. The zero-order chi connectivity index (χ0) is 33.4. The summed E-state index contributed by atoms with van der Waals surface area (Å²) < 4.78 is 23.4. The number of allylic oxidation sites excluding steroid dienone is 1. The maximum atomic E-state index is 13.7. The molecule has 4 unspecified atom stereocenters. The second kappa shape index (κ2) is 12.4. The molecule has 2 aliphatic carbocycles. The van der Waals surface area contributed by atoms with Gasteiger partial charge in [-0.15, -0.1) is 0 Å². The van der Waals surface area contributed by atoms with Crippen molar-refractivity contribution >= 4 is 23.9 Å². The number of nitrogens with zero attached hydrogens (tertiary/aromatic N) is 1. The molecule has 46 heavy (non-hydrogen) atoms. The van der Waals surface area contributed by atoms with Crippen molar-refractivity contribution in [2.45, 2.75) is 77.8 Å². The standard InChI is InChI=1S/C35H39NO10/c1-20-11-9-15-25-33(20,3)28(45-31(40)23-14-10-16-36-18-23)29(46-30(39)22-12-7-6-8-13-22)35(5,42)34(25,4)26(44-21(2)37)17-24-19-43-32(41)27(24)38/h6-8,10-14,16,18,25-26,28-29,38,42H,9,15,17,19H2,1-5H3/t25?,26?,28?,29?,33-,34-,35-/m0/s1. The normalized spacial score (nSPS) is 31.2. The van der Waals surface area contributed by atoms with Gasteiger partial charge in [0.25, 0.3) is 0 Å². The fraction of sp³-hybridized carbons (Fsp3) is 0.457. The lowest BCUT2D eigenvalue weighted by atomic mass is 9.42. The van der Waals surface area contributed by atoms with Gasteiger partial charge >= 0.3 is 23.9 Å². The third kappa shape index (κ3) is 5.46. The molecule has 1 fully saturated rings. The van der Waals surface area contributed by atoms with Gasteiger partial charge in [0.05, 0.1) is 11.1 Å². The predicted octanol–water partition coefficient (Wildman–Crippen LogP) is 4.66. The number of ether oxygens (including phenoxy) is 4. The molecule has 2 heterocycles. The monoisotopic (exact) mass is 633 g/mol. The lowest BCUT2D eigenvalue weighted by Crippen LogP contribution is -2.75. The molecule has 7 atom stereocenters. The number of aliphatic hydroxyl groups is 2. The van der Waals surface area contributed by atoms with E-state index < -0.39 is 70.3 Å². The van der Waals surface area contributed by atoms with Crippen LogP contribution in [0.3, 0.4) is 0 Å². The molecule has 3 aliphatic rings. The minimum atomic E-state index is -2.01. The quantitative estimate of drug-likeness (QED) is 0.237. The number of cyclic esters (lactones) is 1. The molecule has 1 saturated carbocycles. The minimum absolute atomic E-state index is 0.140. The van der Waals surface area contributed by atoms with Crippen LogP contribution in [0.4, 0.5) is 0 Å². The van der Waals surface area contributed by atoms with E-state index in [2.05, 4.69) is 4.98 Å². The van der Waals surface area contributed by atoms with E-state index >= 15 is 0 Å². The number of pyridine rings is 1. The van der Waals surface area contributed by atoms with Crippen LogP contribution in [0, 0.1) is 16.7 Å². The number of carbonyl (C=O) groups is 4. The Morgan fingerprint density at radius 1 is 1.02 bits per heavy atom. The Bertz CT molecular complexity index is 1580. The van der Waals surface area contributed by atoms with E-state index in [1.54, 1.807) is 49.4 Å². The SMILES string of the molecule is CC(=O)OC(CC1=C(O)C(=O)OC1)[C@]1(C)C2CCC=C(C)[C@]2(C)C(OC(=O)c2cccnc2)C(OC(=O)c2ccccc2)[C@]1(C)O. The highest BCUT2D eigenvalue weighted by atomic mass is 16.6. The molecule has 0 bridgehead atoms. The molecular formula is C35H39NO10. The summed E-state index contributed by atoms with van der Waals surface area (Å²) in [6, 6.07) is 11.4. The second-order valence-electron chi connectivity index (χ2n) is 12.8. The Hall–Kier alpha value is -4.51. The van der Waals surface area contributed by atoms with Gasteiger partial charge in [-0.1, -0.05) is 43.7 Å². The molecule has 5 rings (SSSR count). The van der Waals surface area contributed by atoms with Gasteiger partial charge in [0, 0.05) is 42.1 Å². The zero-order valence-corrected chi connectivity index (χ0v) is 26.5. The van der Waals surface area contributed by atoms with Gasteiger partial charge in [0.1, 0.15) is 18.3 Å². The van der Waals surface area contributed by atoms with Crippen LogP contribution in [-0.2, 0) is 28.5 Å². The van der Waals surface area contributed by atoms with Gasteiger partial charge in [0.2, 0.25) is 5.76 Å². The third-order valence-electron chi connectivity index (χ3n) is 10.4. The van der Waals surface area contributed by atoms with Crippen molar-refractivity contribution in [3.05, 3.63) is 89.0 Å². The molecule has 11 heteroatoms. The van der Waals surface area contributed by atoms with Crippen molar-refractivity contribution in [2.24, 2.45) is 16.7 Å². The fourth-order valence-corrected chi connectivity index (χ4v) is 7.60. The number of aliphatic hydroxyl groups excluding tert-OH is 1. The first kappa shape index (κ1) is 32.9. The molecule has 11 nitrogen and oxygen atoms in total. The largest absolute Gasteiger partial charge is 0.502 e. The molecule has 0 saturated heterocycles. The van der Waals surface area contributed by atoms with Crippen molar-refractivity contribution < 1.29 is 48.3 Å². The van der Waals surface area contributed by atoms with Gasteiger partial charge < -0.3 is 29.2 Å². The maximum Gasteiger partial charge on any atom is 0.373 e.